The first-order valence-corrected chi connectivity index (χ1v) is 3.83. The highest BCUT2D eigenvalue weighted by atomic mass is 16.3. The van der Waals surface area contributed by atoms with Crippen LogP contribution in [-0.4, -0.2) is 17.3 Å². The van der Waals surface area contributed by atoms with E-state index in [9.17, 15) is 5.11 Å². The van der Waals surface area contributed by atoms with Crippen LogP contribution in [0.5, 0.6) is 0 Å². The Morgan fingerprint density at radius 1 is 1.40 bits per heavy atom. The summed E-state index contributed by atoms with van der Waals surface area (Å²) < 4.78 is 0. The first-order valence-electron chi connectivity index (χ1n) is 3.83. The molecule has 0 bridgehead atoms. The van der Waals surface area contributed by atoms with Gasteiger partial charge in [-0.15, -0.1) is 0 Å². The van der Waals surface area contributed by atoms with E-state index in [4.69, 9.17) is 5.73 Å². The van der Waals surface area contributed by atoms with Crippen LogP contribution in [0.4, 0.5) is 0 Å². The van der Waals surface area contributed by atoms with Crippen molar-refractivity contribution in [2.45, 2.75) is 46.3 Å². The SMILES string of the molecule is CC[C@H](N)[C@H](O)C(C)(C)C. The first kappa shape index (κ1) is 9.92. The number of nitrogens with two attached hydrogens (primary N) is 1. The molecule has 0 fully saturated rings. The largest absolute Gasteiger partial charge is 0.391 e. The van der Waals surface area contributed by atoms with Crippen molar-refractivity contribution in [3.63, 3.8) is 0 Å². The summed E-state index contributed by atoms with van der Waals surface area (Å²) in [4.78, 5) is 0. The van der Waals surface area contributed by atoms with Crippen LogP contribution in [-0.2, 0) is 0 Å². The number of aliphatic hydroxyl groups excluding tert-OH is 1. The van der Waals surface area contributed by atoms with Gasteiger partial charge in [-0.25, -0.2) is 0 Å². The molecule has 2 atom stereocenters. The van der Waals surface area contributed by atoms with Crippen LogP contribution in [0.2, 0.25) is 0 Å². The van der Waals surface area contributed by atoms with E-state index in [1.54, 1.807) is 0 Å². The van der Waals surface area contributed by atoms with E-state index < -0.39 is 6.10 Å². The monoisotopic (exact) mass is 145 g/mol. The van der Waals surface area contributed by atoms with Gasteiger partial charge in [0.25, 0.3) is 0 Å². The van der Waals surface area contributed by atoms with Crippen molar-refractivity contribution in [2.75, 3.05) is 0 Å². The Kier molecular flexibility index (Phi) is 3.33. The molecular weight excluding hydrogens is 126 g/mol. The molecule has 0 rings (SSSR count). The summed E-state index contributed by atoms with van der Waals surface area (Å²) in [6.45, 7) is 7.97. The summed E-state index contributed by atoms with van der Waals surface area (Å²) >= 11 is 0. The summed E-state index contributed by atoms with van der Waals surface area (Å²) in [7, 11) is 0. The Bertz CT molecular complexity index is 95.9. The summed E-state index contributed by atoms with van der Waals surface area (Å²) in [5.41, 5.74) is 5.56. The Morgan fingerprint density at radius 2 is 1.80 bits per heavy atom. The third-order valence-corrected chi connectivity index (χ3v) is 1.76. The number of hydrogen-bond donors (Lipinski definition) is 2. The molecule has 0 aromatic rings. The van der Waals surface area contributed by atoms with Crippen LogP contribution < -0.4 is 5.73 Å². The lowest BCUT2D eigenvalue weighted by Crippen LogP contribution is -2.42. The Balaban J connectivity index is 3.94. The third kappa shape index (κ3) is 2.67. The Labute approximate surface area is 63.4 Å². The number of aliphatic hydroxyl groups is 1. The molecular formula is C8H19NO. The van der Waals surface area contributed by atoms with Gasteiger partial charge in [0.1, 0.15) is 0 Å². The van der Waals surface area contributed by atoms with Crippen molar-refractivity contribution < 1.29 is 5.11 Å². The minimum Gasteiger partial charge on any atom is -0.391 e. The predicted molar refractivity (Wildman–Crippen MR) is 43.7 cm³/mol. The molecule has 0 amide bonds. The van der Waals surface area contributed by atoms with Crippen molar-refractivity contribution >= 4 is 0 Å². The third-order valence-electron chi connectivity index (χ3n) is 1.76. The summed E-state index contributed by atoms with van der Waals surface area (Å²) in [5, 5.41) is 9.53. The van der Waals surface area contributed by atoms with Crippen molar-refractivity contribution in [2.24, 2.45) is 11.1 Å². The maximum Gasteiger partial charge on any atom is 0.0739 e. The van der Waals surface area contributed by atoms with Gasteiger partial charge in [0, 0.05) is 6.04 Å². The predicted octanol–water partition coefficient (Wildman–Crippen LogP) is 1.13. The molecule has 0 unspecified atom stereocenters. The molecule has 0 aromatic carbocycles. The molecule has 0 heterocycles. The van der Waals surface area contributed by atoms with E-state index in [0.717, 1.165) is 6.42 Å². The fourth-order valence-electron chi connectivity index (χ4n) is 0.865. The average Bonchev–Trinajstić information content (AvgIpc) is 1.83. The first-order chi connectivity index (χ1) is 4.39. The number of rotatable bonds is 2. The molecule has 62 valence electrons. The minimum atomic E-state index is -0.391. The molecule has 3 N–H and O–H groups in total. The molecule has 2 heteroatoms. The molecule has 0 saturated carbocycles. The van der Waals surface area contributed by atoms with Gasteiger partial charge in [0.05, 0.1) is 6.10 Å². The van der Waals surface area contributed by atoms with Crippen LogP contribution in [0, 0.1) is 5.41 Å². The van der Waals surface area contributed by atoms with Crippen molar-refractivity contribution in [3.05, 3.63) is 0 Å². The molecule has 0 saturated heterocycles. The second-order valence-corrected chi connectivity index (χ2v) is 3.88. The average molecular weight is 145 g/mol. The van der Waals surface area contributed by atoms with Crippen molar-refractivity contribution in [1.29, 1.82) is 0 Å². The Morgan fingerprint density at radius 3 is 1.90 bits per heavy atom. The van der Waals surface area contributed by atoms with Gasteiger partial charge in [-0.2, -0.15) is 0 Å². The lowest BCUT2D eigenvalue weighted by molar-refractivity contribution is 0.0395. The maximum atomic E-state index is 9.53. The highest BCUT2D eigenvalue weighted by Crippen LogP contribution is 2.21. The van der Waals surface area contributed by atoms with Crippen molar-refractivity contribution in [3.8, 4) is 0 Å². The molecule has 10 heavy (non-hydrogen) atoms. The molecule has 0 aromatic heterocycles. The van der Waals surface area contributed by atoms with Crippen molar-refractivity contribution in [1.82, 2.24) is 0 Å². The van der Waals surface area contributed by atoms with E-state index in [1.807, 2.05) is 27.7 Å². The topological polar surface area (TPSA) is 46.2 Å². The van der Waals surface area contributed by atoms with Gasteiger partial charge in [-0.05, 0) is 11.8 Å². The fraction of sp³-hybridized carbons (Fsp3) is 1.00. The van der Waals surface area contributed by atoms with Crippen LogP contribution in [0.1, 0.15) is 34.1 Å². The molecule has 0 aliphatic rings. The van der Waals surface area contributed by atoms with E-state index >= 15 is 0 Å². The van der Waals surface area contributed by atoms with Gasteiger partial charge >= 0.3 is 0 Å². The maximum absolute atomic E-state index is 9.53. The normalized spacial score (nSPS) is 18.6. The van der Waals surface area contributed by atoms with Crippen LogP contribution in [0.15, 0.2) is 0 Å². The zero-order valence-electron chi connectivity index (χ0n) is 7.39. The molecule has 0 spiro atoms. The molecule has 0 radical (unpaired) electrons. The van der Waals surface area contributed by atoms with E-state index in [1.165, 1.54) is 0 Å². The van der Waals surface area contributed by atoms with Gasteiger partial charge in [-0.1, -0.05) is 27.7 Å². The van der Waals surface area contributed by atoms with E-state index in [0.29, 0.717) is 0 Å². The Hall–Kier alpha value is -0.0800. The fourth-order valence-corrected chi connectivity index (χ4v) is 0.865. The van der Waals surface area contributed by atoms with Gasteiger partial charge in [0.15, 0.2) is 0 Å². The zero-order valence-corrected chi connectivity index (χ0v) is 7.39. The van der Waals surface area contributed by atoms with Crippen LogP contribution in [0.3, 0.4) is 0 Å². The van der Waals surface area contributed by atoms with E-state index in [2.05, 4.69) is 0 Å². The van der Waals surface area contributed by atoms with Crippen LogP contribution >= 0.6 is 0 Å². The summed E-state index contributed by atoms with van der Waals surface area (Å²) in [6, 6.07) is -0.0833. The quantitative estimate of drug-likeness (QED) is 0.612. The lowest BCUT2D eigenvalue weighted by atomic mass is 9.84. The van der Waals surface area contributed by atoms with Gasteiger partial charge in [-0.3, -0.25) is 0 Å². The smallest absolute Gasteiger partial charge is 0.0739 e. The molecule has 0 aliphatic heterocycles. The van der Waals surface area contributed by atoms with E-state index in [-0.39, 0.29) is 11.5 Å². The summed E-state index contributed by atoms with van der Waals surface area (Å²) in [5.74, 6) is 0. The standard InChI is InChI=1S/C8H19NO/c1-5-6(9)7(10)8(2,3)4/h6-7,10H,5,9H2,1-4H3/t6-,7-/m0/s1. The second kappa shape index (κ2) is 3.35. The molecule has 2 nitrogen and oxygen atoms in total. The summed E-state index contributed by atoms with van der Waals surface area (Å²) in [6.07, 6.45) is 0.441. The second-order valence-electron chi connectivity index (χ2n) is 3.88. The zero-order chi connectivity index (χ0) is 8.36. The highest BCUT2D eigenvalue weighted by Gasteiger charge is 2.26. The van der Waals surface area contributed by atoms with Gasteiger partial charge in [0.2, 0.25) is 0 Å². The lowest BCUT2D eigenvalue weighted by Gasteiger charge is -2.30. The molecule has 0 aliphatic carbocycles. The number of hydrogen-bond acceptors (Lipinski definition) is 2. The minimum absolute atomic E-state index is 0.0833. The highest BCUT2D eigenvalue weighted by molar-refractivity contribution is 4.81. The van der Waals surface area contributed by atoms with Crippen LogP contribution in [0.25, 0.3) is 0 Å². The van der Waals surface area contributed by atoms with Gasteiger partial charge < -0.3 is 10.8 Å².